The number of rotatable bonds is 0. The van der Waals surface area contributed by atoms with Gasteiger partial charge < -0.3 is 0 Å². The van der Waals surface area contributed by atoms with Gasteiger partial charge in [0.05, 0.1) is 6.54 Å². The van der Waals surface area contributed by atoms with Crippen molar-refractivity contribution in [2.45, 2.75) is 12.5 Å². The van der Waals surface area contributed by atoms with Gasteiger partial charge in [-0.3, -0.25) is 15.6 Å². The highest BCUT2D eigenvalue weighted by atomic mass is 15.1. The van der Waals surface area contributed by atoms with Crippen LogP contribution in [0, 0.1) is 12.6 Å². The lowest BCUT2D eigenvalue weighted by Crippen LogP contribution is -2.51. The zero-order valence-electron chi connectivity index (χ0n) is 5.80. The highest BCUT2D eigenvalue weighted by molar-refractivity contribution is 5.59. The lowest BCUT2D eigenvalue weighted by atomic mass is 9.93. The summed E-state index contributed by atoms with van der Waals surface area (Å²) in [6.45, 7) is 4.87. The first kappa shape index (κ1) is 6.31. The molecule has 3 heteroatoms. The minimum atomic E-state index is 0.534. The maximum atomic E-state index is 4.21. The molecule has 2 aliphatic heterocycles. The van der Waals surface area contributed by atoms with Gasteiger partial charge in [-0.2, -0.15) is 0 Å². The van der Waals surface area contributed by atoms with E-state index in [4.69, 9.17) is 0 Å². The van der Waals surface area contributed by atoms with Gasteiger partial charge in [0.25, 0.3) is 0 Å². The van der Waals surface area contributed by atoms with Gasteiger partial charge in [-0.15, -0.1) is 0 Å². The average Bonchev–Trinajstić information content (AvgIpc) is 2.05. The molecule has 54 valence electrons. The second-order valence-electron chi connectivity index (χ2n) is 2.80. The third-order valence-electron chi connectivity index (χ3n) is 2.12. The molecule has 0 bridgehead atoms. The van der Waals surface area contributed by atoms with E-state index in [0.717, 1.165) is 25.4 Å². The Morgan fingerprint density at radius 3 is 3.50 bits per heavy atom. The average molecular weight is 137 g/mol. The summed E-state index contributed by atoms with van der Waals surface area (Å²) in [6, 6.07) is 0.534. The van der Waals surface area contributed by atoms with Crippen LogP contribution in [0.2, 0.25) is 0 Å². The largest absolute Gasteiger partial charge is 0.296 e. The van der Waals surface area contributed by atoms with Crippen LogP contribution in [-0.4, -0.2) is 25.3 Å². The summed E-state index contributed by atoms with van der Waals surface area (Å²) in [5.74, 6) is 0.721. The quantitative estimate of drug-likeness (QED) is 0.478. The first-order valence-corrected chi connectivity index (χ1v) is 3.68. The van der Waals surface area contributed by atoms with Crippen molar-refractivity contribution in [2.24, 2.45) is 10.9 Å². The van der Waals surface area contributed by atoms with Crippen LogP contribution in [0.3, 0.4) is 0 Å². The summed E-state index contributed by atoms with van der Waals surface area (Å²) in [6.07, 6.45) is 3.13. The topological polar surface area (TPSA) is 36.4 Å². The Hall–Kier alpha value is -0.410. The number of aliphatic imine (C=N–C) groups is 1. The Labute approximate surface area is 60.9 Å². The molecule has 1 fully saturated rings. The Balaban J connectivity index is 2.01. The fraction of sp³-hybridized carbons (Fsp3) is 0.714. The van der Waals surface area contributed by atoms with Crippen LogP contribution in [0.1, 0.15) is 6.42 Å². The predicted octanol–water partition coefficient (Wildman–Crippen LogP) is -0.365. The standard InChI is InChI=1S/C7H11N3/c1-2-8-4-7-6(1)3-9-5-10-7/h2,6-7,9-10H,1,3-4H2. The smallest absolute Gasteiger partial charge is 0.140 e. The molecule has 0 spiro atoms. The van der Waals surface area contributed by atoms with Crippen molar-refractivity contribution in [3.05, 3.63) is 6.67 Å². The summed E-state index contributed by atoms with van der Waals surface area (Å²) in [4.78, 5) is 4.21. The first-order valence-electron chi connectivity index (χ1n) is 3.68. The molecule has 0 aromatic heterocycles. The van der Waals surface area contributed by atoms with Gasteiger partial charge in [-0.25, -0.2) is 0 Å². The number of hydrogen-bond donors (Lipinski definition) is 2. The number of fused-ring (bicyclic) bond motifs is 1. The lowest BCUT2D eigenvalue weighted by Gasteiger charge is -2.32. The Kier molecular flexibility index (Phi) is 1.69. The summed E-state index contributed by atoms with van der Waals surface area (Å²) in [5, 5.41) is 6.21. The molecule has 10 heavy (non-hydrogen) atoms. The van der Waals surface area contributed by atoms with E-state index < -0.39 is 0 Å². The van der Waals surface area contributed by atoms with E-state index in [0.29, 0.717) is 6.04 Å². The fourth-order valence-corrected chi connectivity index (χ4v) is 1.43. The zero-order chi connectivity index (χ0) is 6.81. The Morgan fingerprint density at radius 1 is 1.60 bits per heavy atom. The molecule has 0 aliphatic carbocycles. The predicted molar refractivity (Wildman–Crippen MR) is 39.6 cm³/mol. The number of nitrogens with zero attached hydrogens (tertiary/aromatic N) is 1. The van der Waals surface area contributed by atoms with E-state index in [-0.39, 0.29) is 0 Å². The summed E-state index contributed by atoms with van der Waals surface area (Å²) < 4.78 is 0. The Bertz CT molecular complexity index is 128. The molecule has 2 heterocycles. The van der Waals surface area contributed by atoms with E-state index in [1.807, 2.05) is 6.21 Å². The van der Waals surface area contributed by atoms with Gasteiger partial charge in [-0.05, 0) is 18.6 Å². The molecular formula is C7H11N3. The number of hydrogen-bond acceptors (Lipinski definition) is 3. The highest BCUT2D eigenvalue weighted by Crippen LogP contribution is 2.14. The van der Waals surface area contributed by atoms with Crippen molar-refractivity contribution < 1.29 is 0 Å². The molecule has 1 saturated heterocycles. The summed E-state index contributed by atoms with van der Waals surface area (Å²) in [7, 11) is 0. The SMILES string of the molecule is [C]1NCC2CC=NCC2N1. The molecule has 0 aromatic rings. The molecule has 0 saturated carbocycles. The normalized spacial score (nSPS) is 39.2. The van der Waals surface area contributed by atoms with Gasteiger partial charge in [0.2, 0.25) is 0 Å². The third-order valence-corrected chi connectivity index (χ3v) is 2.12. The van der Waals surface area contributed by atoms with Crippen molar-refractivity contribution in [3.8, 4) is 0 Å². The molecule has 2 N–H and O–H groups in total. The van der Waals surface area contributed by atoms with Crippen molar-refractivity contribution in [2.75, 3.05) is 13.1 Å². The second-order valence-corrected chi connectivity index (χ2v) is 2.80. The zero-order valence-corrected chi connectivity index (χ0v) is 5.80. The fourth-order valence-electron chi connectivity index (χ4n) is 1.43. The van der Waals surface area contributed by atoms with Crippen molar-refractivity contribution in [3.63, 3.8) is 0 Å². The van der Waals surface area contributed by atoms with Gasteiger partial charge in [0.15, 0.2) is 0 Å². The minimum Gasteiger partial charge on any atom is -0.296 e. The molecule has 2 radical (unpaired) electrons. The lowest BCUT2D eigenvalue weighted by molar-refractivity contribution is 0.316. The number of nitrogens with one attached hydrogen (secondary N) is 2. The molecule has 0 aromatic carbocycles. The molecule has 3 nitrogen and oxygen atoms in total. The van der Waals surface area contributed by atoms with Gasteiger partial charge in [0, 0.05) is 12.6 Å². The van der Waals surface area contributed by atoms with E-state index in [2.05, 4.69) is 22.3 Å². The van der Waals surface area contributed by atoms with Gasteiger partial charge in [0.1, 0.15) is 6.67 Å². The molecule has 0 amide bonds. The highest BCUT2D eigenvalue weighted by Gasteiger charge is 2.25. The monoisotopic (exact) mass is 137 g/mol. The van der Waals surface area contributed by atoms with Crippen molar-refractivity contribution >= 4 is 6.21 Å². The van der Waals surface area contributed by atoms with Crippen LogP contribution in [0.25, 0.3) is 0 Å². The molecule has 2 unspecified atom stereocenters. The van der Waals surface area contributed by atoms with Crippen LogP contribution >= 0.6 is 0 Å². The van der Waals surface area contributed by atoms with Crippen LogP contribution in [0.4, 0.5) is 0 Å². The molecule has 2 rings (SSSR count). The van der Waals surface area contributed by atoms with E-state index in [1.165, 1.54) is 0 Å². The summed E-state index contributed by atoms with van der Waals surface area (Å²) >= 11 is 0. The van der Waals surface area contributed by atoms with Gasteiger partial charge in [-0.1, -0.05) is 0 Å². The van der Waals surface area contributed by atoms with E-state index in [1.54, 1.807) is 0 Å². The van der Waals surface area contributed by atoms with E-state index >= 15 is 0 Å². The van der Waals surface area contributed by atoms with Crippen LogP contribution in [0.5, 0.6) is 0 Å². The van der Waals surface area contributed by atoms with Crippen molar-refractivity contribution in [1.82, 2.24) is 10.6 Å². The summed E-state index contributed by atoms with van der Waals surface area (Å²) in [5.41, 5.74) is 0. The van der Waals surface area contributed by atoms with Crippen molar-refractivity contribution in [1.29, 1.82) is 0 Å². The van der Waals surface area contributed by atoms with Crippen LogP contribution in [0.15, 0.2) is 4.99 Å². The molecule has 2 aliphatic rings. The van der Waals surface area contributed by atoms with Crippen LogP contribution < -0.4 is 10.6 Å². The second kappa shape index (κ2) is 2.68. The molecular weight excluding hydrogens is 126 g/mol. The maximum absolute atomic E-state index is 4.21. The van der Waals surface area contributed by atoms with E-state index in [9.17, 15) is 0 Å². The molecule has 2 atom stereocenters. The first-order chi connectivity index (χ1) is 4.97. The third kappa shape index (κ3) is 1.07. The minimum absolute atomic E-state index is 0.534. The Morgan fingerprint density at radius 2 is 2.60 bits per heavy atom. The van der Waals surface area contributed by atoms with Crippen LogP contribution in [-0.2, 0) is 0 Å². The van der Waals surface area contributed by atoms with Gasteiger partial charge >= 0.3 is 0 Å². The maximum Gasteiger partial charge on any atom is 0.140 e.